The van der Waals surface area contributed by atoms with Gasteiger partial charge in [-0.15, -0.1) is 0 Å². The van der Waals surface area contributed by atoms with Gasteiger partial charge in [0.1, 0.15) is 5.82 Å². The van der Waals surface area contributed by atoms with Crippen molar-refractivity contribution in [1.82, 2.24) is 9.80 Å². The van der Waals surface area contributed by atoms with Crippen LogP contribution in [0.4, 0.5) is 4.39 Å². The van der Waals surface area contributed by atoms with Gasteiger partial charge in [0, 0.05) is 33.1 Å². The number of amides is 2. The molecule has 1 atom stereocenters. The molecule has 1 aliphatic carbocycles. The van der Waals surface area contributed by atoms with Crippen LogP contribution in [0.25, 0.3) is 0 Å². The molecule has 1 heterocycles. The third-order valence-electron chi connectivity index (χ3n) is 4.63. The van der Waals surface area contributed by atoms with E-state index in [0.717, 1.165) is 18.4 Å². The van der Waals surface area contributed by atoms with Crippen LogP contribution in [0.5, 0.6) is 0 Å². The summed E-state index contributed by atoms with van der Waals surface area (Å²) in [5.74, 6) is 0.121. The van der Waals surface area contributed by atoms with Gasteiger partial charge in [0.05, 0.1) is 5.92 Å². The van der Waals surface area contributed by atoms with Crippen molar-refractivity contribution in [2.75, 3.05) is 26.2 Å². The summed E-state index contributed by atoms with van der Waals surface area (Å²) in [6, 6.07) is 6.29. The summed E-state index contributed by atoms with van der Waals surface area (Å²) in [6.45, 7) is 3.93. The van der Waals surface area contributed by atoms with Gasteiger partial charge in [-0.3, -0.25) is 9.59 Å². The molecule has 22 heavy (non-hydrogen) atoms. The molecule has 5 heteroatoms. The molecule has 1 aliphatic heterocycles. The van der Waals surface area contributed by atoms with Crippen LogP contribution < -0.4 is 0 Å². The quantitative estimate of drug-likeness (QED) is 0.857. The summed E-state index contributed by atoms with van der Waals surface area (Å²) >= 11 is 0. The maximum absolute atomic E-state index is 13.1. The molecule has 1 unspecified atom stereocenters. The minimum atomic E-state index is -0.277. The van der Waals surface area contributed by atoms with Gasteiger partial charge < -0.3 is 9.80 Å². The van der Waals surface area contributed by atoms with Gasteiger partial charge in [0.15, 0.2) is 0 Å². The van der Waals surface area contributed by atoms with Crippen molar-refractivity contribution >= 4 is 11.8 Å². The van der Waals surface area contributed by atoms with E-state index in [9.17, 15) is 14.0 Å². The Labute approximate surface area is 129 Å². The molecule has 1 saturated heterocycles. The fraction of sp³-hybridized carbons (Fsp3) is 0.529. The fourth-order valence-electron chi connectivity index (χ4n) is 3.15. The second kappa shape index (κ2) is 6.07. The third-order valence-corrected chi connectivity index (χ3v) is 4.63. The summed E-state index contributed by atoms with van der Waals surface area (Å²) in [4.78, 5) is 27.9. The highest BCUT2D eigenvalue weighted by molar-refractivity contribution is 5.85. The monoisotopic (exact) mass is 304 g/mol. The average molecular weight is 304 g/mol. The zero-order valence-electron chi connectivity index (χ0n) is 12.8. The smallest absolute Gasteiger partial charge is 0.230 e. The molecule has 1 aromatic carbocycles. The minimum absolute atomic E-state index is 0.0596. The van der Waals surface area contributed by atoms with E-state index in [2.05, 4.69) is 0 Å². The van der Waals surface area contributed by atoms with Crippen LogP contribution in [-0.2, 0) is 9.59 Å². The molecule has 1 aromatic rings. The molecule has 3 rings (SSSR count). The lowest BCUT2D eigenvalue weighted by Gasteiger charge is -2.36. The number of nitrogens with zero attached hydrogens (tertiary/aromatic N) is 2. The number of benzene rings is 1. The highest BCUT2D eigenvalue weighted by Gasteiger charge is 2.40. The fourth-order valence-corrected chi connectivity index (χ4v) is 3.15. The highest BCUT2D eigenvalue weighted by Crippen LogP contribution is 2.43. The van der Waals surface area contributed by atoms with E-state index in [1.54, 1.807) is 24.0 Å². The van der Waals surface area contributed by atoms with Crippen molar-refractivity contribution in [3.63, 3.8) is 0 Å². The van der Waals surface area contributed by atoms with Crippen molar-refractivity contribution in [3.8, 4) is 0 Å². The van der Waals surface area contributed by atoms with E-state index in [-0.39, 0.29) is 23.5 Å². The van der Waals surface area contributed by atoms with Gasteiger partial charge in [0.25, 0.3) is 0 Å². The first-order chi connectivity index (χ1) is 10.6. The predicted molar refractivity (Wildman–Crippen MR) is 80.7 cm³/mol. The summed E-state index contributed by atoms with van der Waals surface area (Å²) in [6.07, 6.45) is 2.11. The number of hydrogen-bond donors (Lipinski definition) is 0. The minimum Gasteiger partial charge on any atom is -0.339 e. The lowest BCUT2D eigenvalue weighted by atomic mass is 9.92. The van der Waals surface area contributed by atoms with E-state index < -0.39 is 0 Å². The lowest BCUT2D eigenvalue weighted by Crippen LogP contribution is -2.51. The second-order valence-corrected chi connectivity index (χ2v) is 6.20. The molecule has 1 saturated carbocycles. The Balaban J connectivity index is 1.71. The van der Waals surface area contributed by atoms with Gasteiger partial charge in [-0.25, -0.2) is 4.39 Å². The summed E-state index contributed by atoms with van der Waals surface area (Å²) in [7, 11) is 0. The Morgan fingerprint density at radius 3 is 2.09 bits per heavy atom. The first-order valence-electron chi connectivity index (χ1n) is 7.86. The SMILES string of the molecule is CC(=O)N1CCN(C(=O)C(c2ccc(F)cc2)C2CC2)CC1. The van der Waals surface area contributed by atoms with Crippen molar-refractivity contribution in [3.05, 3.63) is 35.6 Å². The molecule has 2 aliphatic rings. The molecular weight excluding hydrogens is 283 g/mol. The summed E-state index contributed by atoms with van der Waals surface area (Å²) < 4.78 is 13.1. The Morgan fingerprint density at radius 2 is 1.59 bits per heavy atom. The zero-order chi connectivity index (χ0) is 15.7. The number of carbonyl (C=O) groups excluding carboxylic acids is 2. The van der Waals surface area contributed by atoms with Gasteiger partial charge in [-0.05, 0) is 36.5 Å². The van der Waals surface area contributed by atoms with Crippen LogP contribution >= 0.6 is 0 Å². The number of hydrogen-bond acceptors (Lipinski definition) is 2. The number of piperazine rings is 1. The Kier molecular flexibility index (Phi) is 4.14. The zero-order valence-corrected chi connectivity index (χ0v) is 12.8. The molecule has 0 radical (unpaired) electrons. The van der Waals surface area contributed by atoms with Crippen LogP contribution in [0, 0.1) is 11.7 Å². The molecule has 0 bridgehead atoms. The van der Waals surface area contributed by atoms with Crippen LogP contribution in [-0.4, -0.2) is 47.8 Å². The van der Waals surface area contributed by atoms with Gasteiger partial charge in [0.2, 0.25) is 11.8 Å². The van der Waals surface area contributed by atoms with E-state index >= 15 is 0 Å². The molecular formula is C17H21FN2O2. The number of halogens is 1. The Hall–Kier alpha value is -1.91. The van der Waals surface area contributed by atoms with Crippen molar-refractivity contribution in [2.45, 2.75) is 25.7 Å². The second-order valence-electron chi connectivity index (χ2n) is 6.20. The van der Waals surface area contributed by atoms with Crippen LogP contribution in [0.15, 0.2) is 24.3 Å². The molecule has 2 fully saturated rings. The van der Waals surface area contributed by atoms with Crippen LogP contribution in [0.1, 0.15) is 31.2 Å². The summed E-state index contributed by atoms with van der Waals surface area (Å²) in [5.41, 5.74) is 0.905. The van der Waals surface area contributed by atoms with E-state index in [4.69, 9.17) is 0 Å². The molecule has 118 valence electrons. The van der Waals surface area contributed by atoms with Crippen molar-refractivity contribution in [1.29, 1.82) is 0 Å². The normalized spacial score (nSPS) is 19.9. The Morgan fingerprint density at radius 1 is 1.05 bits per heavy atom. The largest absolute Gasteiger partial charge is 0.339 e. The maximum Gasteiger partial charge on any atom is 0.230 e. The number of carbonyl (C=O) groups is 2. The molecule has 0 aromatic heterocycles. The van der Waals surface area contributed by atoms with Crippen molar-refractivity contribution < 1.29 is 14.0 Å². The molecule has 0 spiro atoms. The highest BCUT2D eigenvalue weighted by atomic mass is 19.1. The molecule has 2 amide bonds. The predicted octanol–water partition coefficient (Wildman–Crippen LogP) is 2.01. The average Bonchev–Trinajstić information content (AvgIpc) is 3.34. The van der Waals surface area contributed by atoms with E-state index in [0.29, 0.717) is 32.1 Å². The third kappa shape index (κ3) is 3.13. The first kappa shape index (κ1) is 15.0. The maximum atomic E-state index is 13.1. The molecule has 0 N–H and O–H groups in total. The molecule has 4 nitrogen and oxygen atoms in total. The van der Waals surface area contributed by atoms with Crippen molar-refractivity contribution in [2.24, 2.45) is 5.92 Å². The van der Waals surface area contributed by atoms with E-state index in [1.165, 1.54) is 12.1 Å². The lowest BCUT2D eigenvalue weighted by molar-refractivity contribution is -0.139. The Bertz CT molecular complexity index is 561. The van der Waals surface area contributed by atoms with E-state index in [1.807, 2.05) is 4.90 Å². The number of rotatable bonds is 3. The first-order valence-corrected chi connectivity index (χ1v) is 7.86. The van der Waals surface area contributed by atoms with Gasteiger partial charge in [-0.1, -0.05) is 12.1 Å². The van der Waals surface area contributed by atoms with Crippen LogP contribution in [0.3, 0.4) is 0 Å². The standard InChI is InChI=1S/C17H21FN2O2/c1-12(21)19-8-10-20(11-9-19)17(22)16(13-2-3-13)14-4-6-15(18)7-5-14/h4-7,13,16H,2-3,8-11H2,1H3. The van der Waals surface area contributed by atoms with Gasteiger partial charge >= 0.3 is 0 Å². The van der Waals surface area contributed by atoms with Gasteiger partial charge in [-0.2, -0.15) is 0 Å². The topological polar surface area (TPSA) is 40.6 Å². The summed E-state index contributed by atoms with van der Waals surface area (Å²) in [5, 5.41) is 0. The van der Waals surface area contributed by atoms with Crippen LogP contribution in [0.2, 0.25) is 0 Å².